The summed E-state index contributed by atoms with van der Waals surface area (Å²) in [6, 6.07) is 10.9. The lowest BCUT2D eigenvalue weighted by Gasteiger charge is -2.33. The van der Waals surface area contributed by atoms with Crippen LogP contribution in [-0.4, -0.2) is 43.5 Å². The molecule has 0 aromatic heterocycles. The summed E-state index contributed by atoms with van der Waals surface area (Å²) in [4.78, 5) is 12.6. The Morgan fingerprint density at radius 2 is 1.65 bits per heavy atom. The van der Waals surface area contributed by atoms with Crippen molar-refractivity contribution in [2.24, 2.45) is 5.92 Å². The molecule has 0 unspecified atom stereocenters. The van der Waals surface area contributed by atoms with Crippen LogP contribution in [0.25, 0.3) is 0 Å². The Morgan fingerprint density at radius 3 is 2.23 bits per heavy atom. The predicted molar refractivity (Wildman–Crippen MR) is 103 cm³/mol. The number of nitrogens with zero attached hydrogens (tertiary/aromatic N) is 1. The molecule has 1 heterocycles. The van der Waals surface area contributed by atoms with Gasteiger partial charge in [-0.05, 0) is 56.9 Å². The summed E-state index contributed by atoms with van der Waals surface area (Å²) in [7, 11) is -3.13. The van der Waals surface area contributed by atoms with E-state index in [1.807, 2.05) is 6.07 Å². The van der Waals surface area contributed by atoms with Crippen LogP contribution >= 0.6 is 0 Å². The Balaban J connectivity index is 1.44. The Morgan fingerprint density at radius 1 is 1.04 bits per heavy atom. The van der Waals surface area contributed by atoms with E-state index in [0.717, 1.165) is 25.7 Å². The number of amides is 1. The molecular weight excluding hydrogens is 348 g/mol. The summed E-state index contributed by atoms with van der Waals surface area (Å²) < 4.78 is 25.4. The van der Waals surface area contributed by atoms with Gasteiger partial charge in [0.1, 0.15) is 0 Å². The van der Waals surface area contributed by atoms with Gasteiger partial charge in [-0.25, -0.2) is 12.7 Å². The number of benzene rings is 1. The highest BCUT2D eigenvalue weighted by atomic mass is 32.2. The van der Waals surface area contributed by atoms with E-state index >= 15 is 0 Å². The lowest BCUT2D eigenvalue weighted by molar-refractivity contribution is -0.127. The van der Waals surface area contributed by atoms with Crippen LogP contribution in [0.3, 0.4) is 0 Å². The summed E-state index contributed by atoms with van der Waals surface area (Å²) in [5.41, 5.74) is 1.40. The van der Waals surface area contributed by atoms with Crippen LogP contribution in [0, 0.1) is 5.92 Å². The van der Waals surface area contributed by atoms with Gasteiger partial charge >= 0.3 is 0 Å². The first kappa shape index (κ1) is 19.4. The van der Waals surface area contributed by atoms with Crippen molar-refractivity contribution in [3.05, 3.63) is 35.9 Å². The molecule has 1 aliphatic carbocycles. The van der Waals surface area contributed by atoms with E-state index in [1.54, 1.807) is 6.92 Å². The first-order chi connectivity index (χ1) is 12.5. The zero-order chi connectivity index (χ0) is 18.6. The molecule has 3 rings (SSSR count). The third-order valence-electron chi connectivity index (χ3n) is 5.93. The molecule has 1 aromatic rings. The van der Waals surface area contributed by atoms with Crippen LogP contribution in [0.15, 0.2) is 30.3 Å². The van der Waals surface area contributed by atoms with Crippen molar-refractivity contribution in [1.29, 1.82) is 0 Å². The second-order valence-corrected chi connectivity index (χ2v) is 9.80. The van der Waals surface area contributed by atoms with E-state index in [-0.39, 0.29) is 23.6 Å². The fourth-order valence-corrected chi connectivity index (χ4v) is 5.33. The average Bonchev–Trinajstić information content (AvgIpc) is 2.69. The summed E-state index contributed by atoms with van der Waals surface area (Å²) in [6.07, 6.45) is 5.53. The molecule has 5 nitrogen and oxygen atoms in total. The van der Waals surface area contributed by atoms with Crippen molar-refractivity contribution >= 4 is 15.9 Å². The minimum atomic E-state index is -3.13. The summed E-state index contributed by atoms with van der Waals surface area (Å²) in [5, 5.41) is 3.22. The molecule has 1 aromatic carbocycles. The molecule has 2 aliphatic rings. The molecule has 1 saturated carbocycles. The number of nitrogens with one attached hydrogen (secondary N) is 1. The van der Waals surface area contributed by atoms with Crippen LogP contribution in [-0.2, 0) is 14.8 Å². The lowest BCUT2D eigenvalue weighted by Crippen LogP contribution is -2.46. The maximum absolute atomic E-state index is 12.6. The zero-order valence-corrected chi connectivity index (χ0v) is 16.4. The molecule has 1 aliphatic heterocycles. The normalized spacial score (nSPS) is 25.7. The highest BCUT2D eigenvalue weighted by Gasteiger charge is 2.31. The number of hydrogen-bond acceptors (Lipinski definition) is 3. The average molecular weight is 379 g/mol. The van der Waals surface area contributed by atoms with Gasteiger partial charge in [0.05, 0.1) is 5.75 Å². The van der Waals surface area contributed by atoms with Crippen LogP contribution in [0.1, 0.15) is 56.9 Å². The van der Waals surface area contributed by atoms with Gasteiger partial charge < -0.3 is 5.32 Å². The van der Waals surface area contributed by atoms with Crippen LogP contribution in [0.4, 0.5) is 0 Å². The van der Waals surface area contributed by atoms with Crippen LogP contribution in [0.5, 0.6) is 0 Å². The topological polar surface area (TPSA) is 66.5 Å². The second-order valence-electron chi connectivity index (χ2n) is 7.54. The molecule has 6 heteroatoms. The van der Waals surface area contributed by atoms with E-state index < -0.39 is 10.0 Å². The van der Waals surface area contributed by atoms with Crippen molar-refractivity contribution in [3.8, 4) is 0 Å². The van der Waals surface area contributed by atoms with Crippen molar-refractivity contribution in [2.45, 2.75) is 57.4 Å². The number of hydrogen-bond donors (Lipinski definition) is 1. The van der Waals surface area contributed by atoms with Gasteiger partial charge in [0, 0.05) is 25.0 Å². The number of piperidine rings is 1. The van der Waals surface area contributed by atoms with Crippen LogP contribution in [0.2, 0.25) is 0 Å². The molecule has 0 radical (unpaired) electrons. The maximum Gasteiger partial charge on any atom is 0.223 e. The highest BCUT2D eigenvalue weighted by molar-refractivity contribution is 7.89. The fraction of sp³-hybridized carbons (Fsp3) is 0.650. The van der Waals surface area contributed by atoms with E-state index in [0.29, 0.717) is 31.8 Å². The molecule has 2 fully saturated rings. The van der Waals surface area contributed by atoms with Gasteiger partial charge in [0.25, 0.3) is 0 Å². The molecule has 1 saturated heterocycles. The molecule has 0 spiro atoms. The maximum atomic E-state index is 12.6. The molecular formula is C20H30N2O3S. The van der Waals surface area contributed by atoms with Crippen LogP contribution < -0.4 is 5.32 Å². The number of carbonyl (C=O) groups is 1. The molecule has 26 heavy (non-hydrogen) atoms. The summed E-state index contributed by atoms with van der Waals surface area (Å²) >= 11 is 0. The van der Waals surface area contributed by atoms with E-state index in [9.17, 15) is 13.2 Å². The largest absolute Gasteiger partial charge is 0.353 e. The third-order valence-corrected chi connectivity index (χ3v) is 7.81. The molecule has 144 valence electrons. The smallest absolute Gasteiger partial charge is 0.223 e. The molecule has 1 amide bonds. The number of sulfonamides is 1. The van der Waals surface area contributed by atoms with Gasteiger partial charge in [-0.1, -0.05) is 30.3 Å². The Hall–Kier alpha value is -1.40. The molecule has 0 atom stereocenters. The standard InChI is InChI=1S/C20H30N2O3S/c1-2-26(24,25)22-14-12-18(13-15-22)20(23)21-19-10-8-17(9-11-19)16-6-4-3-5-7-16/h3-7,17-19H,2,8-15H2,1H3,(H,21,23). The minimum Gasteiger partial charge on any atom is -0.353 e. The van der Waals surface area contributed by atoms with Crippen molar-refractivity contribution in [3.63, 3.8) is 0 Å². The zero-order valence-electron chi connectivity index (χ0n) is 15.6. The van der Waals surface area contributed by atoms with E-state index in [1.165, 1.54) is 9.87 Å². The van der Waals surface area contributed by atoms with Crippen molar-refractivity contribution in [2.75, 3.05) is 18.8 Å². The Kier molecular flexibility index (Phi) is 6.35. The summed E-state index contributed by atoms with van der Waals surface area (Å²) in [5.74, 6) is 0.799. The van der Waals surface area contributed by atoms with E-state index in [4.69, 9.17) is 0 Å². The second kappa shape index (κ2) is 8.53. The third kappa shape index (κ3) is 4.65. The quantitative estimate of drug-likeness (QED) is 0.857. The Bertz CT molecular complexity index is 689. The number of carbonyl (C=O) groups excluding carboxylic acids is 1. The van der Waals surface area contributed by atoms with E-state index in [2.05, 4.69) is 29.6 Å². The first-order valence-electron chi connectivity index (χ1n) is 9.82. The monoisotopic (exact) mass is 378 g/mol. The highest BCUT2D eigenvalue weighted by Crippen LogP contribution is 2.33. The number of rotatable bonds is 5. The molecule has 1 N–H and O–H groups in total. The minimum absolute atomic E-state index is 0.0508. The SMILES string of the molecule is CCS(=O)(=O)N1CCC(C(=O)NC2CCC(c3ccccc3)CC2)CC1. The van der Waals surface area contributed by atoms with Crippen molar-refractivity contribution in [1.82, 2.24) is 9.62 Å². The first-order valence-corrected chi connectivity index (χ1v) is 11.4. The van der Waals surface area contributed by atoms with Gasteiger partial charge in [0.2, 0.25) is 15.9 Å². The lowest BCUT2D eigenvalue weighted by atomic mass is 9.81. The van der Waals surface area contributed by atoms with Gasteiger partial charge in [-0.3, -0.25) is 4.79 Å². The van der Waals surface area contributed by atoms with Gasteiger partial charge in [-0.2, -0.15) is 0 Å². The van der Waals surface area contributed by atoms with Gasteiger partial charge in [-0.15, -0.1) is 0 Å². The predicted octanol–water partition coefficient (Wildman–Crippen LogP) is 2.89. The molecule has 0 bridgehead atoms. The van der Waals surface area contributed by atoms with Crippen molar-refractivity contribution < 1.29 is 13.2 Å². The Labute approximate surface area is 157 Å². The summed E-state index contributed by atoms with van der Waals surface area (Å²) in [6.45, 7) is 2.60. The fourth-order valence-electron chi connectivity index (χ4n) is 4.19. The van der Waals surface area contributed by atoms with Gasteiger partial charge in [0.15, 0.2) is 0 Å².